The molecule has 1 N–H and O–H groups in total. The zero-order valence-corrected chi connectivity index (χ0v) is 15.3. The van der Waals surface area contributed by atoms with E-state index < -0.39 is 0 Å². The van der Waals surface area contributed by atoms with Gasteiger partial charge in [0.1, 0.15) is 5.82 Å². The van der Waals surface area contributed by atoms with E-state index in [0.29, 0.717) is 5.92 Å². The molecule has 4 nitrogen and oxygen atoms in total. The van der Waals surface area contributed by atoms with E-state index in [2.05, 4.69) is 57.8 Å². The van der Waals surface area contributed by atoms with Gasteiger partial charge in [0.25, 0.3) is 0 Å². The Bertz CT molecular complexity index is 752. The fraction of sp³-hybridized carbons (Fsp3) is 0.632. The first kappa shape index (κ1) is 16.2. The molecule has 2 atom stereocenters. The number of imidazole rings is 1. The van der Waals surface area contributed by atoms with Crippen LogP contribution in [0.2, 0.25) is 0 Å². The Morgan fingerprint density at radius 2 is 1.83 bits per heavy atom. The number of hydrogen-bond acceptors (Lipinski definition) is 3. The maximum absolute atomic E-state index is 6.16. The fourth-order valence-electron chi connectivity index (χ4n) is 3.82. The van der Waals surface area contributed by atoms with E-state index in [1.54, 1.807) is 0 Å². The summed E-state index contributed by atoms with van der Waals surface area (Å²) in [5, 5.41) is 0. The smallest absolute Gasteiger partial charge is 0.399 e. The summed E-state index contributed by atoms with van der Waals surface area (Å²) in [6.07, 6.45) is 3.79. The molecule has 1 saturated carbocycles. The van der Waals surface area contributed by atoms with Crippen molar-refractivity contribution in [2.24, 2.45) is 5.92 Å². The molecule has 2 aromatic rings. The Morgan fingerprint density at radius 1 is 1.12 bits per heavy atom. The van der Waals surface area contributed by atoms with Crippen LogP contribution in [0.25, 0.3) is 11.0 Å². The maximum Gasteiger partial charge on any atom is 0.494 e. The van der Waals surface area contributed by atoms with Crippen molar-refractivity contribution in [3.8, 4) is 0 Å². The van der Waals surface area contributed by atoms with E-state index in [9.17, 15) is 0 Å². The Morgan fingerprint density at radius 3 is 2.46 bits per heavy atom. The summed E-state index contributed by atoms with van der Waals surface area (Å²) in [6.45, 7) is 10.7. The van der Waals surface area contributed by atoms with Crippen LogP contribution >= 0.6 is 0 Å². The van der Waals surface area contributed by atoms with Crippen molar-refractivity contribution >= 4 is 23.6 Å². The minimum absolute atomic E-state index is 0.314. The first-order valence-corrected chi connectivity index (χ1v) is 9.10. The maximum atomic E-state index is 6.16. The zero-order valence-electron chi connectivity index (χ0n) is 15.3. The van der Waals surface area contributed by atoms with E-state index in [4.69, 9.17) is 14.3 Å². The predicted octanol–water partition coefficient (Wildman–Crippen LogP) is 3.77. The molecule has 1 saturated heterocycles. The van der Waals surface area contributed by atoms with Crippen LogP contribution in [-0.4, -0.2) is 28.3 Å². The van der Waals surface area contributed by atoms with E-state index in [1.807, 2.05) is 0 Å². The quantitative estimate of drug-likeness (QED) is 0.855. The van der Waals surface area contributed by atoms with Gasteiger partial charge in [-0.05, 0) is 70.5 Å². The molecule has 1 aromatic heterocycles. The standard InChI is InChI=1S/C19H27BN2O2/c1-12-6-7-13(10-12)17-21-15-9-8-14(11-16(15)22-17)20-23-18(2,3)19(4,5)24-20/h8-9,11-13H,6-7,10H2,1-5H3,(H,21,22)/t12-,13?/m0/s1. The average molecular weight is 326 g/mol. The summed E-state index contributed by atoms with van der Waals surface area (Å²) >= 11 is 0. The molecular weight excluding hydrogens is 299 g/mol. The van der Waals surface area contributed by atoms with E-state index in [1.165, 1.54) is 19.3 Å². The molecule has 128 valence electrons. The van der Waals surface area contributed by atoms with Crippen LogP contribution in [0, 0.1) is 5.92 Å². The van der Waals surface area contributed by atoms with Gasteiger partial charge in [0.05, 0.1) is 22.2 Å². The molecular formula is C19H27BN2O2. The zero-order chi connectivity index (χ0) is 17.1. The van der Waals surface area contributed by atoms with Crippen molar-refractivity contribution in [3.63, 3.8) is 0 Å². The predicted molar refractivity (Wildman–Crippen MR) is 97.6 cm³/mol. The molecule has 2 aliphatic rings. The van der Waals surface area contributed by atoms with E-state index in [0.717, 1.165) is 28.2 Å². The van der Waals surface area contributed by atoms with Gasteiger partial charge >= 0.3 is 7.12 Å². The lowest BCUT2D eigenvalue weighted by molar-refractivity contribution is 0.00578. The highest BCUT2D eigenvalue weighted by Gasteiger charge is 2.51. The monoisotopic (exact) mass is 326 g/mol. The van der Waals surface area contributed by atoms with Gasteiger partial charge in [-0.3, -0.25) is 0 Å². The lowest BCUT2D eigenvalue weighted by Crippen LogP contribution is -2.41. The van der Waals surface area contributed by atoms with Gasteiger partial charge in [-0.25, -0.2) is 4.98 Å². The molecule has 4 rings (SSSR count). The van der Waals surface area contributed by atoms with Gasteiger partial charge in [0.2, 0.25) is 0 Å². The summed E-state index contributed by atoms with van der Waals surface area (Å²) in [5.41, 5.74) is 2.54. The summed E-state index contributed by atoms with van der Waals surface area (Å²) in [5.74, 6) is 2.52. The van der Waals surface area contributed by atoms with Crippen molar-refractivity contribution < 1.29 is 9.31 Å². The summed E-state index contributed by atoms with van der Waals surface area (Å²) in [6, 6.07) is 6.28. The highest BCUT2D eigenvalue weighted by atomic mass is 16.7. The second kappa shape index (κ2) is 5.33. The minimum atomic E-state index is -0.322. The van der Waals surface area contributed by atoms with Crippen LogP contribution in [-0.2, 0) is 9.31 Å². The first-order chi connectivity index (χ1) is 11.2. The topological polar surface area (TPSA) is 47.1 Å². The highest BCUT2D eigenvalue weighted by Crippen LogP contribution is 2.38. The number of hydrogen-bond donors (Lipinski definition) is 1. The van der Waals surface area contributed by atoms with Gasteiger partial charge in [0.15, 0.2) is 0 Å². The number of nitrogens with zero attached hydrogens (tertiary/aromatic N) is 1. The number of benzene rings is 1. The minimum Gasteiger partial charge on any atom is -0.399 e. The van der Waals surface area contributed by atoms with Crippen molar-refractivity contribution in [2.75, 3.05) is 0 Å². The molecule has 2 heterocycles. The average Bonchev–Trinajstić information content (AvgIpc) is 3.15. The van der Waals surface area contributed by atoms with Crippen LogP contribution in [0.5, 0.6) is 0 Å². The van der Waals surface area contributed by atoms with Crippen molar-refractivity contribution in [3.05, 3.63) is 24.0 Å². The number of aromatic amines is 1. The summed E-state index contributed by atoms with van der Waals surface area (Å²) in [7, 11) is -0.322. The molecule has 1 unspecified atom stereocenters. The van der Waals surface area contributed by atoms with Crippen LogP contribution < -0.4 is 5.46 Å². The van der Waals surface area contributed by atoms with Crippen molar-refractivity contribution in [2.45, 2.75) is 71.0 Å². The lowest BCUT2D eigenvalue weighted by Gasteiger charge is -2.32. The fourth-order valence-corrected chi connectivity index (χ4v) is 3.82. The molecule has 5 heteroatoms. The van der Waals surface area contributed by atoms with Gasteiger partial charge in [-0.1, -0.05) is 13.0 Å². The second-order valence-corrected chi connectivity index (χ2v) is 8.60. The third-order valence-electron chi connectivity index (χ3n) is 6.13. The Hall–Kier alpha value is -1.33. The normalized spacial score (nSPS) is 28.8. The van der Waals surface area contributed by atoms with Crippen LogP contribution in [0.15, 0.2) is 18.2 Å². The largest absolute Gasteiger partial charge is 0.494 e. The number of H-pyrrole nitrogens is 1. The lowest BCUT2D eigenvalue weighted by atomic mass is 9.79. The Balaban J connectivity index is 1.62. The molecule has 0 amide bonds. The number of aromatic nitrogens is 2. The molecule has 1 aliphatic heterocycles. The third-order valence-corrected chi connectivity index (χ3v) is 6.13. The number of fused-ring (bicyclic) bond motifs is 1. The molecule has 24 heavy (non-hydrogen) atoms. The molecule has 2 fully saturated rings. The number of rotatable bonds is 2. The van der Waals surface area contributed by atoms with Crippen LogP contribution in [0.3, 0.4) is 0 Å². The molecule has 1 aromatic carbocycles. The summed E-state index contributed by atoms with van der Waals surface area (Å²) < 4.78 is 12.3. The number of nitrogens with one attached hydrogen (secondary N) is 1. The van der Waals surface area contributed by atoms with Gasteiger partial charge < -0.3 is 14.3 Å². The molecule has 0 bridgehead atoms. The van der Waals surface area contributed by atoms with Crippen molar-refractivity contribution in [1.29, 1.82) is 0 Å². The van der Waals surface area contributed by atoms with E-state index >= 15 is 0 Å². The van der Waals surface area contributed by atoms with Gasteiger partial charge in [0, 0.05) is 5.92 Å². The molecule has 1 aliphatic carbocycles. The first-order valence-electron chi connectivity index (χ1n) is 9.10. The Labute approximate surface area is 144 Å². The Kier molecular flexibility index (Phi) is 3.59. The SMILES string of the molecule is C[C@H]1CCC(c2nc3ccc(B4OC(C)(C)C(C)(C)O4)cc3[nH]2)C1. The van der Waals surface area contributed by atoms with Crippen LogP contribution in [0.1, 0.15) is 65.6 Å². The van der Waals surface area contributed by atoms with Crippen LogP contribution in [0.4, 0.5) is 0 Å². The van der Waals surface area contributed by atoms with E-state index in [-0.39, 0.29) is 18.3 Å². The third kappa shape index (κ3) is 2.58. The van der Waals surface area contributed by atoms with Gasteiger partial charge in [-0.2, -0.15) is 0 Å². The second-order valence-electron chi connectivity index (χ2n) is 8.60. The highest BCUT2D eigenvalue weighted by molar-refractivity contribution is 6.62. The van der Waals surface area contributed by atoms with Crippen molar-refractivity contribution in [1.82, 2.24) is 9.97 Å². The molecule has 0 spiro atoms. The molecule has 0 radical (unpaired) electrons. The summed E-state index contributed by atoms with van der Waals surface area (Å²) in [4.78, 5) is 8.36. The van der Waals surface area contributed by atoms with Gasteiger partial charge in [-0.15, -0.1) is 0 Å².